The Morgan fingerprint density at radius 2 is 1.92 bits per heavy atom. The predicted molar refractivity (Wildman–Crippen MR) is 105 cm³/mol. The highest BCUT2D eigenvalue weighted by molar-refractivity contribution is 5.84. The summed E-state index contributed by atoms with van der Waals surface area (Å²) in [6, 6.07) is 7.75. The summed E-state index contributed by atoms with van der Waals surface area (Å²) in [6.07, 6.45) is 2.75. The number of nitrogens with zero attached hydrogens (tertiary/aromatic N) is 1. The van der Waals surface area contributed by atoms with E-state index in [1.807, 2.05) is 52.1 Å². The van der Waals surface area contributed by atoms with Crippen LogP contribution in [-0.2, 0) is 16.0 Å². The van der Waals surface area contributed by atoms with Crippen molar-refractivity contribution in [3.8, 4) is 0 Å². The van der Waals surface area contributed by atoms with Gasteiger partial charge in [0.1, 0.15) is 0 Å². The third kappa shape index (κ3) is 5.59. The van der Waals surface area contributed by atoms with Crippen LogP contribution in [0.25, 0.3) is 10.9 Å². The summed E-state index contributed by atoms with van der Waals surface area (Å²) in [5, 5.41) is 7.05. The summed E-state index contributed by atoms with van der Waals surface area (Å²) in [5.74, 6) is -0.158. The maximum atomic E-state index is 12.4. The highest BCUT2D eigenvalue weighted by Gasteiger charge is 2.21. The quantitative estimate of drug-likeness (QED) is 0.709. The molecule has 0 fully saturated rings. The number of aromatic nitrogens is 1. The molecule has 6 heteroatoms. The average molecular weight is 358 g/mol. The Kier molecular flexibility index (Phi) is 6.42. The van der Waals surface area contributed by atoms with Crippen molar-refractivity contribution >= 4 is 22.7 Å². The third-order valence-electron chi connectivity index (χ3n) is 4.32. The van der Waals surface area contributed by atoms with Crippen molar-refractivity contribution < 1.29 is 9.59 Å². The van der Waals surface area contributed by atoms with Crippen LogP contribution in [0.15, 0.2) is 30.5 Å². The van der Waals surface area contributed by atoms with E-state index < -0.39 is 0 Å². The summed E-state index contributed by atoms with van der Waals surface area (Å²) < 4.78 is 0. The summed E-state index contributed by atoms with van der Waals surface area (Å²) in [5.41, 5.74) is 2.02. The summed E-state index contributed by atoms with van der Waals surface area (Å²) in [7, 11) is 1.78. The SMILES string of the molecule is CC(C(=O)NCCc1c[nH]c2ccccc12)N(C)CC(=O)NC(C)(C)C. The highest BCUT2D eigenvalue weighted by Crippen LogP contribution is 2.17. The van der Waals surface area contributed by atoms with Crippen LogP contribution in [0.5, 0.6) is 0 Å². The van der Waals surface area contributed by atoms with Crippen LogP contribution in [0.2, 0.25) is 0 Å². The first-order valence-corrected chi connectivity index (χ1v) is 9.01. The Labute approximate surface area is 155 Å². The molecule has 1 heterocycles. The first kappa shape index (κ1) is 20.0. The molecule has 2 rings (SSSR count). The van der Waals surface area contributed by atoms with E-state index in [2.05, 4.69) is 21.7 Å². The number of nitrogens with one attached hydrogen (secondary N) is 3. The number of benzene rings is 1. The number of hydrogen-bond donors (Lipinski definition) is 3. The number of aromatic amines is 1. The molecule has 0 radical (unpaired) electrons. The monoisotopic (exact) mass is 358 g/mol. The predicted octanol–water partition coefficient (Wildman–Crippen LogP) is 2.06. The van der Waals surface area contributed by atoms with Gasteiger partial charge in [0.05, 0.1) is 12.6 Å². The Morgan fingerprint density at radius 3 is 2.62 bits per heavy atom. The lowest BCUT2D eigenvalue weighted by Gasteiger charge is -2.26. The molecule has 1 aromatic heterocycles. The maximum Gasteiger partial charge on any atom is 0.237 e. The molecule has 0 saturated heterocycles. The zero-order valence-electron chi connectivity index (χ0n) is 16.3. The molecule has 1 unspecified atom stereocenters. The zero-order valence-corrected chi connectivity index (χ0v) is 16.3. The van der Waals surface area contributed by atoms with Crippen LogP contribution in [0.4, 0.5) is 0 Å². The summed E-state index contributed by atoms with van der Waals surface area (Å²) in [6.45, 7) is 8.37. The second-order valence-electron chi connectivity index (χ2n) is 7.79. The fourth-order valence-corrected chi connectivity index (χ4v) is 2.83. The number of likely N-dealkylation sites (N-methyl/N-ethyl adjacent to an activating group) is 1. The molecule has 1 aromatic carbocycles. The molecule has 26 heavy (non-hydrogen) atoms. The molecular formula is C20H30N4O2. The number of amides is 2. The summed E-state index contributed by atoms with van der Waals surface area (Å²) >= 11 is 0. The van der Waals surface area contributed by atoms with Gasteiger partial charge in [0.2, 0.25) is 11.8 Å². The minimum atomic E-state index is -0.372. The van der Waals surface area contributed by atoms with E-state index in [0.29, 0.717) is 6.54 Å². The van der Waals surface area contributed by atoms with Gasteiger partial charge in [0.15, 0.2) is 0 Å². The van der Waals surface area contributed by atoms with E-state index in [1.54, 1.807) is 11.9 Å². The third-order valence-corrected chi connectivity index (χ3v) is 4.32. The van der Waals surface area contributed by atoms with Gasteiger partial charge in [-0.2, -0.15) is 0 Å². The van der Waals surface area contributed by atoms with Crippen LogP contribution in [0.1, 0.15) is 33.3 Å². The molecule has 0 bridgehead atoms. The van der Waals surface area contributed by atoms with Gasteiger partial charge in [0.25, 0.3) is 0 Å². The lowest BCUT2D eigenvalue weighted by molar-refractivity contribution is -0.128. The lowest BCUT2D eigenvalue weighted by atomic mass is 10.1. The molecule has 0 aliphatic rings. The number of fused-ring (bicyclic) bond motifs is 1. The van der Waals surface area contributed by atoms with Crippen LogP contribution in [0, 0.1) is 0 Å². The van der Waals surface area contributed by atoms with E-state index in [1.165, 1.54) is 10.9 Å². The van der Waals surface area contributed by atoms with E-state index in [-0.39, 0.29) is 29.9 Å². The van der Waals surface area contributed by atoms with E-state index in [9.17, 15) is 9.59 Å². The van der Waals surface area contributed by atoms with Gasteiger partial charge in [-0.15, -0.1) is 0 Å². The number of hydrogen-bond acceptors (Lipinski definition) is 3. The first-order valence-electron chi connectivity index (χ1n) is 9.01. The highest BCUT2D eigenvalue weighted by atomic mass is 16.2. The van der Waals surface area contributed by atoms with Crippen molar-refractivity contribution in [1.29, 1.82) is 0 Å². The van der Waals surface area contributed by atoms with Crippen LogP contribution in [-0.4, -0.2) is 53.4 Å². The Morgan fingerprint density at radius 1 is 1.23 bits per heavy atom. The first-order chi connectivity index (χ1) is 12.2. The molecule has 0 aliphatic carbocycles. The van der Waals surface area contributed by atoms with Crippen molar-refractivity contribution in [3.63, 3.8) is 0 Å². The normalized spacial score (nSPS) is 13.0. The maximum absolute atomic E-state index is 12.4. The van der Waals surface area contributed by atoms with Gasteiger partial charge < -0.3 is 15.6 Å². The Bertz CT molecular complexity index is 761. The van der Waals surface area contributed by atoms with Crippen LogP contribution >= 0.6 is 0 Å². The second-order valence-corrected chi connectivity index (χ2v) is 7.79. The molecule has 0 spiro atoms. The molecular weight excluding hydrogens is 328 g/mol. The van der Waals surface area contributed by atoms with E-state index in [4.69, 9.17) is 0 Å². The van der Waals surface area contributed by atoms with E-state index in [0.717, 1.165) is 11.9 Å². The second kappa shape index (κ2) is 8.36. The minimum absolute atomic E-state index is 0.0732. The molecule has 142 valence electrons. The number of rotatable bonds is 7. The van der Waals surface area contributed by atoms with Gasteiger partial charge >= 0.3 is 0 Å². The molecule has 2 aromatic rings. The fraction of sp³-hybridized carbons (Fsp3) is 0.500. The number of carbonyl (C=O) groups excluding carboxylic acids is 2. The molecule has 0 aliphatic heterocycles. The largest absolute Gasteiger partial charge is 0.361 e. The Hall–Kier alpha value is -2.34. The van der Waals surface area contributed by atoms with E-state index >= 15 is 0 Å². The minimum Gasteiger partial charge on any atom is -0.361 e. The zero-order chi connectivity index (χ0) is 19.3. The average Bonchev–Trinajstić information content (AvgIpc) is 2.95. The van der Waals surface area contributed by atoms with Gasteiger partial charge in [-0.1, -0.05) is 18.2 Å². The van der Waals surface area contributed by atoms with Crippen molar-refractivity contribution in [2.75, 3.05) is 20.1 Å². The Balaban J connectivity index is 1.80. The molecule has 3 N–H and O–H groups in total. The van der Waals surface area contributed by atoms with Crippen LogP contribution < -0.4 is 10.6 Å². The standard InChI is InChI=1S/C20H30N4O2/c1-14(24(5)13-18(25)23-20(2,3)4)19(26)21-11-10-15-12-22-17-9-7-6-8-16(15)17/h6-9,12,14,22H,10-11,13H2,1-5H3,(H,21,26)(H,23,25). The summed E-state index contributed by atoms with van der Waals surface area (Å²) in [4.78, 5) is 29.3. The number of carbonyl (C=O) groups is 2. The smallest absolute Gasteiger partial charge is 0.237 e. The van der Waals surface area contributed by atoms with Crippen molar-refractivity contribution in [3.05, 3.63) is 36.0 Å². The van der Waals surface area contributed by atoms with Crippen molar-refractivity contribution in [2.24, 2.45) is 0 Å². The molecule has 6 nitrogen and oxygen atoms in total. The molecule has 1 atom stereocenters. The van der Waals surface area contributed by atoms with Gasteiger partial charge in [-0.25, -0.2) is 0 Å². The van der Waals surface area contributed by atoms with Gasteiger partial charge in [-0.3, -0.25) is 14.5 Å². The van der Waals surface area contributed by atoms with Crippen molar-refractivity contribution in [2.45, 2.75) is 45.7 Å². The van der Waals surface area contributed by atoms with Crippen LogP contribution in [0.3, 0.4) is 0 Å². The molecule has 0 saturated carbocycles. The van der Waals surface area contributed by atoms with Crippen molar-refractivity contribution in [1.82, 2.24) is 20.5 Å². The lowest BCUT2D eigenvalue weighted by Crippen LogP contribution is -2.50. The molecule has 2 amide bonds. The number of para-hydroxylation sites is 1. The number of H-pyrrole nitrogens is 1. The van der Waals surface area contributed by atoms with Gasteiger partial charge in [-0.05, 0) is 52.8 Å². The fourth-order valence-electron chi connectivity index (χ4n) is 2.83. The van der Waals surface area contributed by atoms with Gasteiger partial charge in [0, 0.05) is 29.2 Å². The topological polar surface area (TPSA) is 77.2 Å².